The van der Waals surface area contributed by atoms with E-state index >= 15 is 0 Å². The van der Waals surface area contributed by atoms with Crippen molar-refractivity contribution in [3.8, 4) is 5.75 Å². The van der Waals surface area contributed by atoms with Gasteiger partial charge in [0.15, 0.2) is 0 Å². The van der Waals surface area contributed by atoms with Crippen molar-refractivity contribution in [2.75, 3.05) is 6.54 Å². The highest BCUT2D eigenvalue weighted by Gasteiger charge is 2.35. The molecule has 1 heterocycles. The first kappa shape index (κ1) is 20.0. The molecule has 10 heteroatoms. The Balaban J connectivity index is 2.06. The minimum atomic E-state index is -4.82. The van der Waals surface area contributed by atoms with Crippen molar-refractivity contribution in [2.45, 2.75) is 16.7 Å². The summed E-state index contributed by atoms with van der Waals surface area (Å²) >= 11 is 0. The number of alkyl halides is 3. The van der Waals surface area contributed by atoms with Gasteiger partial charge in [0.1, 0.15) is 16.5 Å². The first-order valence-electron chi connectivity index (χ1n) is 7.88. The molecule has 1 aliphatic heterocycles. The van der Waals surface area contributed by atoms with Gasteiger partial charge in [0, 0.05) is 6.21 Å². The maximum absolute atomic E-state index is 14.4. The van der Waals surface area contributed by atoms with Crippen LogP contribution < -0.4 is 9.88 Å². The van der Waals surface area contributed by atoms with Crippen molar-refractivity contribution < 1.29 is 30.7 Å². The molecule has 0 saturated heterocycles. The number of dihydropyridines is 1. The maximum Gasteiger partial charge on any atom is 0.573 e. The lowest BCUT2D eigenvalue weighted by atomic mass is 9.73. The molecule has 2 N–H and O–H groups in total. The van der Waals surface area contributed by atoms with Gasteiger partial charge >= 0.3 is 6.36 Å². The average Bonchev–Trinajstić information content (AvgIpc) is 2.60. The summed E-state index contributed by atoms with van der Waals surface area (Å²) in [5.41, 5.74) is -0.101. The van der Waals surface area contributed by atoms with E-state index in [2.05, 4.69) is 9.73 Å². The number of rotatable bonds is 4. The monoisotopic (exact) mass is 414 g/mol. The van der Waals surface area contributed by atoms with Crippen LogP contribution in [0, 0.1) is 5.82 Å². The van der Waals surface area contributed by atoms with E-state index in [4.69, 9.17) is 5.14 Å². The highest BCUT2D eigenvalue weighted by Crippen LogP contribution is 2.38. The molecule has 0 aromatic heterocycles. The van der Waals surface area contributed by atoms with Gasteiger partial charge in [-0.2, -0.15) is 0 Å². The summed E-state index contributed by atoms with van der Waals surface area (Å²) in [5, 5.41) is 4.99. The molecule has 2 aromatic carbocycles. The van der Waals surface area contributed by atoms with Gasteiger partial charge in [-0.05, 0) is 41.5 Å². The summed E-state index contributed by atoms with van der Waals surface area (Å²) < 4.78 is 78.2. The predicted molar refractivity (Wildman–Crippen MR) is 94.2 cm³/mol. The van der Waals surface area contributed by atoms with Crippen molar-refractivity contribution in [1.29, 1.82) is 0 Å². The van der Waals surface area contributed by atoms with E-state index in [1.807, 2.05) is 0 Å². The lowest BCUT2D eigenvalue weighted by Gasteiger charge is -2.32. The van der Waals surface area contributed by atoms with Crippen LogP contribution in [0.1, 0.15) is 11.1 Å². The van der Waals surface area contributed by atoms with Crippen LogP contribution in [0.15, 0.2) is 64.5 Å². The van der Waals surface area contributed by atoms with E-state index in [9.17, 15) is 26.0 Å². The van der Waals surface area contributed by atoms with Crippen LogP contribution >= 0.6 is 0 Å². The molecule has 0 bridgehead atoms. The molecule has 0 amide bonds. The van der Waals surface area contributed by atoms with Gasteiger partial charge in [0.05, 0.1) is 12.0 Å². The Labute approximate surface area is 158 Å². The van der Waals surface area contributed by atoms with Crippen LogP contribution in [0.5, 0.6) is 5.75 Å². The third-order valence-corrected chi connectivity index (χ3v) is 5.21. The summed E-state index contributed by atoms with van der Waals surface area (Å²) in [6.45, 7) is 0.150. The number of primary sulfonamides is 1. The molecule has 0 aliphatic carbocycles. The lowest BCUT2D eigenvalue weighted by molar-refractivity contribution is -0.274. The first-order chi connectivity index (χ1) is 13.0. The van der Waals surface area contributed by atoms with E-state index < -0.39 is 38.3 Å². The van der Waals surface area contributed by atoms with Crippen molar-refractivity contribution in [2.24, 2.45) is 10.1 Å². The molecule has 0 saturated carbocycles. The maximum atomic E-state index is 14.4. The zero-order chi connectivity index (χ0) is 20.6. The standard InChI is InChI=1S/C18H14F4N2O3S/c19-15-10-13(4-7-16(15)28(23,25)26)17(8-1-9-24-11-17)12-2-5-14(6-3-12)27-18(20,21)22/h1-10H,11H2,(H2,23,25,26). The van der Waals surface area contributed by atoms with Gasteiger partial charge in [-0.25, -0.2) is 17.9 Å². The largest absolute Gasteiger partial charge is 0.573 e. The Morgan fingerprint density at radius 3 is 2.21 bits per heavy atom. The molecule has 0 radical (unpaired) electrons. The number of hydrogen-bond acceptors (Lipinski definition) is 4. The van der Waals surface area contributed by atoms with Crippen LogP contribution in [-0.2, 0) is 15.4 Å². The van der Waals surface area contributed by atoms with Crippen molar-refractivity contribution in [1.82, 2.24) is 0 Å². The minimum absolute atomic E-state index is 0.150. The minimum Gasteiger partial charge on any atom is -0.406 e. The van der Waals surface area contributed by atoms with Gasteiger partial charge in [0.25, 0.3) is 0 Å². The third kappa shape index (κ3) is 4.07. The number of halogens is 4. The lowest BCUT2D eigenvalue weighted by Crippen LogP contribution is -2.31. The second kappa shape index (κ2) is 7.02. The molecule has 0 spiro atoms. The second-order valence-corrected chi connectivity index (χ2v) is 7.61. The molecular formula is C18H14F4N2O3S. The molecule has 1 unspecified atom stereocenters. The van der Waals surface area contributed by atoms with Crippen LogP contribution in [0.4, 0.5) is 17.6 Å². The Bertz CT molecular complexity index is 1050. The fourth-order valence-electron chi connectivity index (χ4n) is 3.02. The molecule has 3 rings (SSSR count). The summed E-state index contributed by atoms with van der Waals surface area (Å²) in [6.07, 6.45) is 0.0511. The van der Waals surface area contributed by atoms with E-state index in [1.54, 1.807) is 12.2 Å². The van der Waals surface area contributed by atoms with Gasteiger partial charge in [-0.15, -0.1) is 13.2 Å². The normalized spacial score (nSPS) is 19.6. The number of benzene rings is 2. The molecule has 148 valence electrons. The molecule has 2 aromatic rings. The molecular weight excluding hydrogens is 400 g/mol. The Morgan fingerprint density at radius 2 is 1.71 bits per heavy atom. The smallest absolute Gasteiger partial charge is 0.406 e. The average molecular weight is 414 g/mol. The molecule has 1 atom stereocenters. The number of nitrogens with two attached hydrogens (primary N) is 1. The van der Waals surface area contributed by atoms with Crippen LogP contribution in [0.2, 0.25) is 0 Å². The van der Waals surface area contributed by atoms with Gasteiger partial charge in [0.2, 0.25) is 10.0 Å². The first-order valence-corrected chi connectivity index (χ1v) is 9.43. The zero-order valence-electron chi connectivity index (χ0n) is 14.2. The van der Waals surface area contributed by atoms with Gasteiger partial charge < -0.3 is 4.74 Å². The predicted octanol–water partition coefficient (Wildman–Crippen LogP) is 3.30. The summed E-state index contributed by atoms with van der Waals surface area (Å²) in [5.74, 6) is -1.43. The quantitative estimate of drug-likeness (QED) is 0.780. The SMILES string of the molecule is NS(=O)(=O)c1ccc(C2(c3ccc(OC(F)(F)F)cc3)C=CC=NC2)cc1F. The number of ether oxygens (including phenoxy) is 1. The summed E-state index contributed by atoms with van der Waals surface area (Å²) in [4.78, 5) is 3.53. The summed E-state index contributed by atoms with van der Waals surface area (Å²) in [7, 11) is -4.23. The Morgan fingerprint density at radius 1 is 1.07 bits per heavy atom. The molecule has 28 heavy (non-hydrogen) atoms. The van der Waals surface area contributed by atoms with E-state index in [0.29, 0.717) is 11.1 Å². The Kier molecular flexibility index (Phi) is 5.02. The highest BCUT2D eigenvalue weighted by molar-refractivity contribution is 7.89. The molecule has 0 fully saturated rings. The number of hydrogen-bond donors (Lipinski definition) is 1. The number of nitrogens with zero attached hydrogens (tertiary/aromatic N) is 1. The summed E-state index contributed by atoms with van der Waals surface area (Å²) in [6, 6.07) is 8.60. The fourth-order valence-corrected chi connectivity index (χ4v) is 3.61. The zero-order valence-corrected chi connectivity index (χ0v) is 15.0. The third-order valence-electron chi connectivity index (χ3n) is 4.27. The Hall–Kier alpha value is -2.72. The number of sulfonamides is 1. The van der Waals surface area contributed by atoms with Gasteiger partial charge in [-0.3, -0.25) is 4.99 Å². The second-order valence-electron chi connectivity index (χ2n) is 6.08. The van der Waals surface area contributed by atoms with Crippen molar-refractivity contribution in [3.05, 3.63) is 71.6 Å². The van der Waals surface area contributed by atoms with Crippen LogP contribution in [0.25, 0.3) is 0 Å². The molecule has 5 nitrogen and oxygen atoms in total. The topological polar surface area (TPSA) is 81.8 Å². The highest BCUT2D eigenvalue weighted by atomic mass is 32.2. The number of allylic oxidation sites excluding steroid dienone is 1. The van der Waals surface area contributed by atoms with Crippen LogP contribution in [-0.4, -0.2) is 27.5 Å². The molecule has 1 aliphatic rings. The van der Waals surface area contributed by atoms with E-state index in [-0.39, 0.29) is 6.54 Å². The fraction of sp³-hybridized carbons (Fsp3) is 0.167. The van der Waals surface area contributed by atoms with Crippen LogP contribution in [0.3, 0.4) is 0 Å². The van der Waals surface area contributed by atoms with E-state index in [1.165, 1.54) is 24.4 Å². The van der Waals surface area contributed by atoms with Crippen molar-refractivity contribution >= 4 is 16.2 Å². The van der Waals surface area contributed by atoms with Crippen molar-refractivity contribution in [3.63, 3.8) is 0 Å². The van der Waals surface area contributed by atoms with E-state index in [0.717, 1.165) is 24.3 Å². The van der Waals surface area contributed by atoms with Gasteiger partial charge in [-0.1, -0.05) is 24.3 Å². The number of aliphatic imine (C=N–C) groups is 1.